The maximum Gasteiger partial charge on any atom is 0.272 e. The van der Waals surface area contributed by atoms with Gasteiger partial charge in [-0.1, -0.05) is 17.7 Å². The standard InChI is InChI=1S/C18H14ClF2N5O3/c1-8-2-3-9(16(27)23-8)7-22-18(29)14-6-15(26-25-14)24-17(28)10-4-12(20)13(21)5-11(10)19/h2-6H,7H2,1H3,(H,22,29)(H,23,27)(H2,24,25,26,28). The number of nitrogens with one attached hydrogen (secondary N) is 4. The first-order chi connectivity index (χ1) is 13.7. The third-order valence-corrected chi connectivity index (χ3v) is 4.20. The number of H-pyrrole nitrogens is 2. The second-order valence-corrected chi connectivity index (χ2v) is 6.45. The number of anilines is 1. The van der Waals surface area contributed by atoms with E-state index in [1.807, 2.05) is 0 Å². The molecule has 0 aliphatic heterocycles. The van der Waals surface area contributed by atoms with Crippen molar-refractivity contribution in [1.82, 2.24) is 20.5 Å². The van der Waals surface area contributed by atoms with Crippen LogP contribution in [0.5, 0.6) is 0 Å². The van der Waals surface area contributed by atoms with Crippen LogP contribution in [0, 0.1) is 18.6 Å². The van der Waals surface area contributed by atoms with Crippen molar-refractivity contribution < 1.29 is 18.4 Å². The van der Waals surface area contributed by atoms with Crippen LogP contribution in [-0.2, 0) is 6.54 Å². The molecule has 8 nitrogen and oxygen atoms in total. The number of pyridine rings is 1. The zero-order valence-corrected chi connectivity index (χ0v) is 15.7. The van der Waals surface area contributed by atoms with E-state index in [9.17, 15) is 23.2 Å². The quantitative estimate of drug-likeness (QED) is 0.473. The summed E-state index contributed by atoms with van der Waals surface area (Å²) in [5, 5.41) is 10.8. The average molecular weight is 422 g/mol. The predicted molar refractivity (Wildman–Crippen MR) is 101 cm³/mol. The largest absolute Gasteiger partial charge is 0.346 e. The Kier molecular flexibility index (Phi) is 5.74. The van der Waals surface area contributed by atoms with Gasteiger partial charge in [0.25, 0.3) is 17.4 Å². The molecule has 0 atom stereocenters. The van der Waals surface area contributed by atoms with E-state index in [1.165, 1.54) is 6.07 Å². The zero-order chi connectivity index (χ0) is 21.1. The lowest BCUT2D eigenvalue weighted by Crippen LogP contribution is -2.27. The molecule has 2 aromatic heterocycles. The van der Waals surface area contributed by atoms with E-state index in [0.29, 0.717) is 23.4 Å². The van der Waals surface area contributed by atoms with Crippen molar-refractivity contribution in [3.63, 3.8) is 0 Å². The number of carbonyl (C=O) groups is 2. The Hall–Kier alpha value is -3.53. The minimum absolute atomic E-state index is 0.0204. The Bertz CT molecular complexity index is 1160. The SMILES string of the molecule is Cc1ccc(CNC(=O)c2cc(NC(=O)c3cc(F)c(F)cc3Cl)[nH]n2)c(=O)[nH]1. The molecule has 0 fully saturated rings. The van der Waals surface area contributed by atoms with Crippen LogP contribution in [0.15, 0.2) is 35.1 Å². The minimum atomic E-state index is -1.23. The van der Waals surface area contributed by atoms with Crippen LogP contribution in [0.25, 0.3) is 0 Å². The number of amides is 2. The Morgan fingerprint density at radius 3 is 2.59 bits per heavy atom. The van der Waals surface area contributed by atoms with Gasteiger partial charge in [-0.05, 0) is 25.1 Å². The summed E-state index contributed by atoms with van der Waals surface area (Å²) in [6, 6.07) is 5.88. The number of aromatic nitrogens is 3. The van der Waals surface area contributed by atoms with Gasteiger partial charge in [-0.2, -0.15) is 5.10 Å². The summed E-state index contributed by atoms with van der Waals surface area (Å²) in [6.07, 6.45) is 0. The lowest BCUT2D eigenvalue weighted by molar-refractivity contribution is 0.0945. The Morgan fingerprint density at radius 1 is 1.14 bits per heavy atom. The number of nitrogens with zero attached hydrogens (tertiary/aromatic N) is 1. The van der Waals surface area contributed by atoms with Gasteiger partial charge in [-0.15, -0.1) is 0 Å². The molecule has 0 radical (unpaired) electrons. The molecule has 0 unspecified atom stereocenters. The molecule has 3 rings (SSSR count). The Morgan fingerprint density at radius 2 is 1.86 bits per heavy atom. The molecule has 1 aromatic carbocycles. The highest BCUT2D eigenvalue weighted by Crippen LogP contribution is 2.21. The number of carbonyl (C=O) groups excluding carboxylic acids is 2. The number of aromatic amines is 2. The van der Waals surface area contributed by atoms with E-state index in [4.69, 9.17) is 11.6 Å². The zero-order valence-electron chi connectivity index (χ0n) is 14.9. The fourth-order valence-corrected chi connectivity index (χ4v) is 2.63. The summed E-state index contributed by atoms with van der Waals surface area (Å²) in [6.45, 7) is 1.71. The molecule has 11 heteroatoms. The van der Waals surface area contributed by atoms with E-state index < -0.39 is 23.4 Å². The molecule has 0 spiro atoms. The van der Waals surface area contributed by atoms with E-state index >= 15 is 0 Å². The third-order valence-electron chi connectivity index (χ3n) is 3.89. The lowest BCUT2D eigenvalue weighted by Gasteiger charge is -2.05. The van der Waals surface area contributed by atoms with Crippen molar-refractivity contribution in [2.75, 3.05) is 5.32 Å². The van der Waals surface area contributed by atoms with E-state index in [0.717, 1.165) is 0 Å². The van der Waals surface area contributed by atoms with Gasteiger partial charge in [0.15, 0.2) is 17.3 Å². The number of aryl methyl sites for hydroxylation is 1. The smallest absolute Gasteiger partial charge is 0.272 e. The van der Waals surface area contributed by atoms with Crippen LogP contribution in [0.2, 0.25) is 5.02 Å². The minimum Gasteiger partial charge on any atom is -0.346 e. The van der Waals surface area contributed by atoms with Crippen molar-refractivity contribution in [3.8, 4) is 0 Å². The normalized spacial score (nSPS) is 10.6. The maximum atomic E-state index is 13.3. The fraction of sp³-hybridized carbons (Fsp3) is 0.111. The molecule has 150 valence electrons. The van der Waals surface area contributed by atoms with E-state index in [2.05, 4.69) is 25.8 Å². The van der Waals surface area contributed by atoms with Gasteiger partial charge in [0.1, 0.15) is 5.82 Å². The van der Waals surface area contributed by atoms with Gasteiger partial charge in [0, 0.05) is 23.9 Å². The molecular weight excluding hydrogens is 408 g/mol. The highest BCUT2D eigenvalue weighted by Gasteiger charge is 2.17. The molecule has 2 amide bonds. The highest BCUT2D eigenvalue weighted by atomic mass is 35.5. The van der Waals surface area contributed by atoms with Crippen molar-refractivity contribution in [1.29, 1.82) is 0 Å². The molecule has 0 saturated carbocycles. The topological polar surface area (TPSA) is 120 Å². The summed E-state index contributed by atoms with van der Waals surface area (Å²) in [5.74, 6) is -3.79. The number of hydrogen-bond acceptors (Lipinski definition) is 4. The first-order valence-electron chi connectivity index (χ1n) is 8.23. The van der Waals surface area contributed by atoms with Gasteiger partial charge in [0.05, 0.1) is 10.6 Å². The fourth-order valence-electron chi connectivity index (χ4n) is 2.40. The monoisotopic (exact) mass is 421 g/mol. The van der Waals surface area contributed by atoms with Crippen LogP contribution < -0.4 is 16.2 Å². The average Bonchev–Trinajstić information content (AvgIpc) is 3.12. The molecular formula is C18H14ClF2N5O3. The van der Waals surface area contributed by atoms with Gasteiger partial charge in [-0.3, -0.25) is 19.5 Å². The third kappa shape index (κ3) is 4.66. The Balaban J connectivity index is 1.65. The highest BCUT2D eigenvalue weighted by molar-refractivity contribution is 6.34. The summed E-state index contributed by atoms with van der Waals surface area (Å²) in [7, 11) is 0. The molecule has 0 aliphatic carbocycles. The number of benzene rings is 1. The molecule has 0 aliphatic rings. The van der Waals surface area contributed by atoms with Crippen LogP contribution in [0.4, 0.5) is 14.6 Å². The summed E-state index contributed by atoms with van der Waals surface area (Å²) < 4.78 is 26.4. The first kappa shape index (κ1) is 20.2. The molecule has 4 N–H and O–H groups in total. The van der Waals surface area contributed by atoms with Crippen LogP contribution in [0.1, 0.15) is 32.1 Å². The van der Waals surface area contributed by atoms with E-state index in [1.54, 1.807) is 19.1 Å². The summed E-state index contributed by atoms with van der Waals surface area (Å²) >= 11 is 5.75. The second kappa shape index (κ2) is 8.23. The van der Waals surface area contributed by atoms with Gasteiger partial charge >= 0.3 is 0 Å². The maximum absolute atomic E-state index is 13.3. The summed E-state index contributed by atoms with van der Waals surface area (Å²) in [4.78, 5) is 38.8. The van der Waals surface area contributed by atoms with Crippen molar-refractivity contribution in [2.24, 2.45) is 0 Å². The molecule has 2 heterocycles. The lowest BCUT2D eigenvalue weighted by atomic mass is 10.2. The molecule has 3 aromatic rings. The van der Waals surface area contributed by atoms with Crippen LogP contribution in [0.3, 0.4) is 0 Å². The predicted octanol–water partition coefficient (Wildman–Crippen LogP) is 2.52. The number of halogens is 3. The van der Waals surface area contributed by atoms with Crippen molar-refractivity contribution in [3.05, 3.63) is 79.9 Å². The second-order valence-electron chi connectivity index (χ2n) is 6.05. The van der Waals surface area contributed by atoms with Crippen molar-refractivity contribution in [2.45, 2.75) is 13.5 Å². The van der Waals surface area contributed by atoms with Gasteiger partial charge in [-0.25, -0.2) is 8.78 Å². The van der Waals surface area contributed by atoms with E-state index in [-0.39, 0.29) is 34.2 Å². The molecule has 0 saturated heterocycles. The molecule has 0 bridgehead atoms. The molecule has 29 heavy (non-hydrogen) atoms. The number of hydrogen-bond donors (Lipinski definition) is 4. The van der Waals surface area contributed by atoms with Crippen molar-refractivity contribution >= 4 is 29.2 Å². The summed E-state index contributed by atoms with van der Waals surface area (Å²) in [5.41, 5.74) is 0.397. The van der Waals surface area contributed by atoms with Crippen LogP contribution in [-0.4, -0.2) is 27.0 Å². The van der Waals surface area contributed by atoms with Gasteiger partial charge in [0.2, 0.25) is 0 Å². The van der Waals surface area contributed by atoms with Crippen LogP contribution >= 0.6 is 11.6 Å². The Labute approximate surface area is 167 Å². The van der Waals surface area contributed by atoms with Gasteiger partial charge < -0.3 is 15.6 Å². The number of rotatable bonds is 5. The first-order valence-corrected chi connectivity index (χ1v) is 8.60.